The van der Waals surface area contributed by atoms with E-state index in [1.165, 1.54) is 4.31 Å². The molecule has 0 fully saturated rings. The molecule has 0 radical (unpaired) electrons. The van der Waals surface area contributed by atoms with Crippen LogP contribution >= 0.6 is 0 Å². The number of sulfonamides is 1. The van der Waals surface area contributed by atoms with Gasteiger partial charge in [0.25, 0.3) is 0 Å². The molecule has 0 spiro atoms. The number of fused-ring (bicyclic) bond motifs is 1. The molecule has 1 aliphatic heterocycles. The Bertz CT molecular complexity index is 1240. The van der Waals surface area contributed by atoms with Crippen LogP contribution in [-0.2, 0) is 26.2 Å². The molecule has 0 saturated heterocycles. The van der Waals surface area contributed by atoms with Crippen molar-refractivity contribution in [2.24, 2.45) is 0 Å². The molecule has 1 unspecified atom stereocenters. The van der Waals surface area contributed by atoms with Crippen molar-refractivity contribution in [3.05, 3.63) is 53.6 Å². The second kappa shape index (κ2) is 12.1. The lowest BCUT2D eigenvalue weighted by atomic mass is 10.1. The highest BCUT2D eigenvalue weighted by Crippen LogP contribution is 2.34. The van der Waals surface area contributed by atoms with Crippen LogP contribution in [0.15, 0.2) is 42.5 Å². The monoisotopic (exact) mass is 545 g/mol. The average Bonchev–Trinajstić information content (AvgIpc) is 2.83. The molecule has 10 heteroatoms. The summed E-state index contributed by atoms with van der Waals surface area (Å²) in [6, 6.07) is 12.1. The maximum atomic E-state index is 13.4. The predicted octanol–water partition coefficient (Wildman–Crippen LogP) is 3.64. The zero-order valence-electron chi connectivity index (χ0n) is 23.1. The summed E-state index contributed by atoms with van der Waals surface area (Å²) < 4.78 is 37.6. The third kappa shape index (κ3) is 8.11. The third-order valence-electron chi connectivity index (χ3n) is 6.10. The normalized spacial score (nSPS) is 13.9. The van der Waals surface area contributed by atoms with Gasteiger partial charge in [-0.15, -0.1) is 0 Å². The molecule has 1 heterocycles. The van der Waals surface area contributed by atoms with E-state index in [1.54, 1.807) is 30.0 Å². The molecule has 1 atom stereocenters. The first kappa shape index (κ1) is 29.3. The Balaban J connectivity index is 1.74. The van der Waals surface area contributed by atoms with Crippen LogP contribution in [0.5, 0.6) is 11.5 Å². The van der Waals surface area contributed by atoms with E-state index in [2.05, 4.69) is 5.32 Å². The number of benzene rings is 2. The highest BCUT2D eigenvalue weighted by molar-refractivity contribution is 7.92. The van der Waals surface area contributed by atoms with Crippen LogP contribution in [0.2, 0.25) is 0 Å². The lowest BCUT2D eigenvalue weighted by Crippen LogP contribution is -2.52. The van der Waals surface area contributed by atoms with Crippen LogP contribution < -0.4 is 19.1 Å². The van der Waals surface area contributed by atoms with E-state index in [9.17, 15) is 18.0 Å². The van der Waals surface area contributed by atoms with Gasteiger partial charge >= 0.3 is 0 Å². The number of aryl methyl sites for hydroxylation is 1. The SMILES string of the molecule is Cc1ccc(CN(C(=O)CCCN(c2ccc3c(c2)OCCO3)S(C)(=O)=O)C(C)C(=O)NC(C)(C)C)cc1. The Kier molecular flexibility index (Phi) is 9.30. The molecule has 208 valence electrons. The van der Waals surface area contributed by atoms with Gasteiger partial charge in [-0.1, -0.05) is 29.8 Å². The van der Waals surface area contributed by atoms with Gasteiger partial charge in [0.15, 0.2) is 11.5 Å². The van der Waals surface area contributed by atoms with E-state index in [1.807, 2.05) is 52.0 Å². The summed E-state index contributed by atoms with van der Waals surface area (Å²) in [5, 5.41) is 2.95. The summed E-state index contributed by atoms with van der Waals surface area (Å²) in [5.74, 6) is 0.587. The predicted molar refractivity (Wildman–Crippen MR) is 148 cm³/mol. The number of hydrogen-bond donors (Lipinski definition) is 1. The number of carbonyl (C=O) groups excluding carboxylic acids is 2. The fourth-order valence-electron chi connectivity index (χ4n) is 4.14. The average molecular weight is 546 g/mol. The van der Waals surface area contributed by atoms with E-state index in [0.29, 0.717) is 30.4 Å². The summed E-state index contributed by atoms with van der Waals surface area (Å²) in [5.41, 5.74) is 2.01. The number of ether oxygens (including phenoxy) is 2. The van der Waals surface area contributed by atoms with Crippen molar-refractivity contribution in [2.45, 2.75) is 65.6 Å². The van der Waals surface area contributed by atoms with Crippen molar-refractivity contribution < 1.29 is 27.5 Å². The molecular weight excluding hydrogens is 506 g/mol. The van der Waals surface area contributed by atoms with Crippen molar-refractivity contribution >= 4 is 27.5 Å². The van der Waals surface area contributed by atoms with E-state index in [-0.39, 0.29) is 37.7 Å². The van der Waals surface area contributed by atoms with Gasteiger partial charge in [-0.25, -0.2) is 8.42 Å². The first-order valence-electron chi connectivity index (χ1n) is 12.8. The smallest absolute Gasteiger partial charge is 0.242 e. The minimum absolute atomic E-state index is 0.0789. The summed E-state index contributed by atoms with van der Waals surface area (Å²) in [6.07, 6.45) is 1.49. The molecule has 0 aliphatic carbocycles. The zero-order valence-corrected chi connectivity index (χ0v) is 23.9. The van der Waals surface area contributed by atoms with E-state index >= 15 is 0 Å². The molecule has 3 rings (SSSR count). The van der Waals surface area contributed by atoms with Gasteiger partial charge in [0.2, 0.25) is 21.8 Å². The molecule has 0 aromatic heterocycles. The molecule has 1 N–H and O–H groups in total. The maximum Gasteiger partial charge on any atom is 0.242 e. The third-order valence-corrected chi connectivity index (χ3v) is 7.30. The lowest BCUT2D eigenvalue weighted by Gasteiger charge is -2.32. The van der Waals surface area contributed by atoms with Crippen molar-refractivity contribution in [1.29, 1.82) is 0 Å². The number of nitrogens with one attached hydrogen (secondary N) is 1. The lowest BCUT2D eigenvalue weighted by molar-refractivity contribution is -0.141. The molecule has 9 nitrogen and oxygen atoms in total. The van der Waals surface area contributed by atoms with Crippen LogP contribution in [0.1, 0.15) is 51.7 Å². The molecule has 1 aliphatic rings. The van der Waals surface area contributed by atoms with Gasteiger partial charge in [0.05, 0.1) is 11.9 Å². The van der Waals surface area contributed by atoms with Crippen LogP contribution in [0.3, 0.4) is 0 Å². The van der Waals surface area contributed by atoms with Gasteiger partial charge in [-0.2, -0.15) is 0 Å². The minimum Gasteiger partial charge on any atom is -0.486 e. The van der Waals surface area contributed by atoms with E-state index in [4.69, 9.17) is 9.47 Å². The molecule has 2 aromatic rings. The van der Waals surface area contributed by atoms with Crippen LogP contribution in [-0.4, -0.2) is 62.7 Å². The van der Waals surface area contributed by atoms with Crippen LogP contribution in [0.4, 0.5) is 5.69 Å². The van der Waals surface area contributed by atoms with Gasteiger partial charge < -0.3 is 19.7 Å². The van der Waals surface area contributed by atoms with Crippen molar-refractivity contribution in [3.63, 3.8) is 0 Å². The van der Waals surface area contributed by atoms with E-state index < -0.39 is 21.6 Å². The minimum atomic E-state index is -3.62. The molecule has 2 amide bonds. The number of nitrogens with zero attached hydrogens (tertiary/aromatic N) is 2. The summed E-state index contributed by atoms with van der Waals surface area (Å²) in [7, 11) is -3.62. The second-order valence-electron chi connectivity index (χ2n) is 10.7. The number of carbonyl (C=O) groups is 2. The molecule has 2 aromatic carbocycles. The van der Waals surface area contributed by atoms with Crippen molar-refractivity contribution in [3.8, 4) is 11.5 Å². The number of rotatable bonds is 10. The summed E-state index contributed by atoms with van der Waals surface area (Å²) in [4.78, 5) is 27.9. The Morgan fingerprint density at radius 2 is 1.66 bits per heavy atom. The molecule has 38 heavy (non-hydrogen) atoms. The number of hydrogen-bond acceptors (Lipinski definition) is 6. The zero-order chi connectivity index (χ0) is 28.1. The van der Waals surface area contributed by atoms with Gasteiger partial charge in [-0.3, -0.25) is 13.9 Å². The van der Waals surface area contributed by atoms with Gasteiger partial charge in [0, 0.05) is 31.1 Å². The van der Waals surface area contributed by atoms with E-state index in [0.717, 1.165) is 17.4 Å². The topological polar surface area (TPSA) is 105 Å². The fourth-order valence-corrected chi connectivity index (χ4v) is 5.10. The van der Waals surface area contributed by atoms with Crippen LogP contribution in [0.25, 0.3) is 0 Å². The Hall–Kier alpha value is -3.27. The van der Waals surface area contributed by atoms with Crippen LogP contribution in [0, 0.1) is 6.92 Å². The Labute approximate surface area is 226 Å². The fraction of sp³-hybridized carbons (Fsp3) is 0.500. The first-order chi connectivity index (χ1) is 17.7. The van der Waals surface area contributed by atoms with Gasteiger partial charge in [0.1, 0.15) is 19.3 Å². The van der Waals surface area contributed by atoms with Crippen molar-refractivity contribution in [2.75, 3.05) is 30.3 Å². The Morgan fingerprint density at radius 3 is 2.26 bits per heavy atom. The quantitative estimate of drug-likeness (QED) is 0.489. The second-order valence-corrected chi connectivity index (χ2v) is 12.6. The highest BCUT2D eigenvalue weighted by atomic mass is 32.2. The summed E-state index contributed by atoms with van der Waals surface area (Å²) in [6.45, 7) is 10.6. The largest absolute Gasteiger partial charge is 0.486 e. The molecule has 0 saturated carbocycles. The van der Waals surface area contributed by atoms with Crippen molar-refractivity contribution in [1.82, 2.24) is 10.2 Å². The first-order valence-corrected chi connectivity index (χ1v) is 14.6. The number of anilines is 1. The number of amides is 2. The molecular formula is C28H39N3O6S. The standard InChI is InChI=1S/C28H39N3O6S/c1-20-9-11-22(12-10-20)19-30(21(2)27(33)29-28(3,4)5)26(32)8-7-15-31(38(6,34)35)23-13-14-24-25(18-23)37-17-16-36-24/h9-14,18,21H,7-8,15-17,19H2,1-6H3,(H,29,33). The summed E-state index contributed by atoms with van der Waals surface area (Å²) >= 11 is 0. The Morgan fingerprint density at radius 1 is 1.03 bits per heavy atom. The maximum absolute atomic E-state index is 13.4. The molecule has 0 bridgehead atoms. The van der Waals surface area contributed by atoms with Gasteiger partial charge in [-0.05, 0) is 58.7 Å². The highest BCUT2D eigenvalue weighted by Gasteiger charge is 2.29.